The molecule has 108 valence electrons. The monoisotopic (exact) mass is 317 g/mol. The van der Waals surface area contributed by atoms with Gasteiger partial charge < -0.3 is 9.84 Å². The molecule has 0 radical (unpaired) electrons. The van der Waals surface area contributed by atoms with E-state index < -0.39 is 33.0 Å². The zero-order valence-corrected chi connectivity index (χ0v) is 12.2. The Labute approximate surface area is 121 Å². The third kappa shape index (κ3) is 2.46. The fourth-order valence-corrected chi connectivity index (χ4v) is 2.68. The number of halogens is 1. The standard InChI is InChI=1S/C12H12ClNO5S/c1-12(7-5-3-4-6-8(7)13)10(16)9(15)11(19-12)14-20(2,17)18/h3-6,14-15H,1-2H3. The number of benzene rings is 1. The van der Waals surface area contributed by atoms with E-state index in [0.29, 0.717) is 5.56 Å². The molecule has 1 atom stereocenters. The summed E-state index contributed by atoms with van der Waals surface area (Å²) in [7, 11) is -3.68. The Morgan fingerprint density at radius 2 is 1.95 bits per heavy atom. The molecule has 1 aromatic carbocycles. The maximum Gasteiger partial charge on any atom is 0.250 e. The molecule has 2 N–H and O–H groups in total. The van der Waals surface area contributed by atoms with Crippen molar-refractivity contribution in [2.24, 2.45) is 0 Å². The second kappa shape index (κ2) is 4.68. The van der Waals surface area contributed by atoms with Crippen LogP contribution in [-0.4, -0.2) is 25.6 Å². The van der Waals surface area contributed by atoms with Crippen LogP contribution in [0.1, 0.15) is 12.5 Å². The number of carbonyl (C=O) groups excluding carboxylic acids is 1. The van der Waals surface area contributed by atoms with Gasteiger partial charge >= 0.3 is 0 Å². The van der Waals surface area contributed by atoms with Gasteiger partial charge in [-0.3, -0.25) is 9.52 Å². The van der Waals surface area contributed by atoms with Gasteiger partial charge in [-0.05, 0) is 13.0 Å². The molecular formula is C12H12ClNO5S. The summed E-state index contributed by atoms with van der Waals surface area (Å²) in [6, 6.07) is 6.47. The van der Waals surface area contributed by atoms with Gasteiger partial charge in [-0.25, -0.2) is 8.42 Å². The van der Waals surface area contributed by atoms with Gasteiger partial charge in [-0.15, -0.1) is 0 Å². The minimum Gasteiger partial charge on any atom is -0.501 e. The largest absolute Gasteiger partial charge is 0.501 e. The number of nitrogens with one attached hydrogen (secondary N) is 1. The highest BCUT2D eigenvalue weighted by Crippen LogP contribution is 2.39. The number of aliphatic hydroxyl groups is 1. The number of aliphatic hydroxyl groups excluding tert-OH is 1. The summed E-state index contributed by atoms with van der Waals surface area (Å²) in [5, 5.41) is 10.0. The van der Waals surface area contributed by atoms with Gasteiger partial charge in [0.05, 0.1) is 6.26 Å². The van der Waals surface area contributed by atoms with Crippen molar-refractivity contribution in [1.29, 1.82) is 0 Å². The highest BCUT2D eigenvalue weighted by molar-refractivity contribution is 7.88. The molecule has 20 heavy (non-hydrogen) atoms. The van der Waals surface area contributed by atoms with Crippen LogP contribution in [0, 0.1) is 0 Å². The number of hydrogen-bond donors (Lipinski definition) is 2. The number of ketones is 1. The quantitative estimate of drug-likeness (QED) is 0.879. The lowest BCUT2D eigenvalue weighted by Crippen LogP contribution is -2.32. The zero-order chi connectivity index (χ0) is 15.1. The molecule has 0 aliphatic carbocycles. The minimum absolute atomic E-state index is 0.275. The predicted octanol–water partition coefficient (Wildman–Crippen LogP) is 1.43. The summed E-state index contributed by atoms with van der Waals surface area (Å²) >= 11 is 6.02. The molecule has 0 spiro atoms. The first-order valence-electron chi connectivity index (χ1n) is 5.55. The average molecular weight is 318 g/mol. The van der Waals surface area contributed by atoms with E-state index in [1.165, 1.54) is 6.92 Å². The van der Waals surface area contributed by atoms with Crippen molar-refractivity contribution in [2.45, 2.75) is 12.5 Å². The number of Topliss-reactive ketones (excluding diaryl/α,β-unsaturated/α-hetero) is 1. The van der Waals surface area contributed by atoms with E-state index in [1.807, 2.05) is 4.72 Å². The van der Waals surface area contributed by atoms with E-state index in [-0.39, 0.29) is 5.02 Å². The van der Waals surface area contributed by atoms with Crippen molar-refractivity contribution in [2.75, 3.05) is 6.26 Å². The van der Waals surface area contributed by atoms with E-state index in [1.54, 1.807) is 24.3 Å². The topological polar surface area (TPSA) is 92.7 Å². The summed E-state index contributed by atoms with van der Waals surface area (Å²) < 4.78 is 29.6. The van der Waals surface area contributed by atoms with Crippen molar-refractivity contribution >= 4 is 27.4 Å². The van der Waals surface area contributed by atoms with Gasteiger partial charge in [0.25, 0.3) is 5.78 Å². The first kappa shape index (κ1) is 14.7. The van der Waals surface area contributed by atoms with Crippen molar-refractivity contribution in [3.63, 3.8) is 0 Å². The maximum absolute atomic E-state index is 12.1. The summed E-state index contributed by atoms with van der Waals surface area (Å²) in [5.41, 5.74) is -1.24. The van der Waals surface area contributed by atoms with Gasteiger partial charge in [0.1, 0.15) is 0 Å². The number of carbonyl (C=O) groups is 1. The highest BCUT2D eigenvalue weighted by atomic mass is 35.5. The van der Waals surface area contributed by atoms with Gasteiger partial charge in [0.2, 0.25) is 27.3 Å². The Morgan fingerprint density at radius 3 is 2.50 bits per heavy atom. The predicted molar refractivity (Wildman–Crippen MR) is 72.5 cm³/mol. The Bertz CT molecular complexity index is 712. The molecule has 0 amide bonds. The first-order valence-corrected chi connectivity index (χ1v) is 7.82. The fourth-order valence-electron chi connectivity index (χ4n) is 1.89. The molecule has 2 rings (SSSR count). The van der Waals surface area contributed by atoms with Crippen LogP contribution in [0.4, 0.5) is 0 Å². The molecule has 1 aliphatic rings. The molecule has 1 unspecified atom stereocenters. The van der Waals surface area contributed by atoms with Crippen LogP contribution in [0.3, 0.4) is 0 Å². The van der Waals surface area contributed by atoms with Crippen molar-refractivity contribution in [1.82, 2.24) is 4.72 Å². The SMILES string of the molecule is CC1(c2ccccc2Cl)OC(NS(C)(=O)=O)=C(O)C1=O. The van der Waals surface area contributed by atoms with Crippen LogP contribution in [0.2, 0.25) is 5.02 Å². The third-order valence-electron chi connectivity index (χ3n) is 2.84. The number of ether oxygens (including phenoxy) is 1. The van der Waals surface area contributed by atoms with Crippen molar-refractivity contribution in [3.05, 3.63) is 46.5 Å². The molecular weight excluding hydrogens is 306 g/mol. The summed E-state index contributed by atoms with van der Waals surface area (Å²) in [4.78, 5) is 12.1. The van der Waals surface area contributed by atoms with Gasteiger partial charge in [0.15, 0.2) is 0 Å². The molecule has 1 heterocycles. The van der Waals surface area contributed by atoms with Crippen molar-refractivity contribution < 1.29 is 23.1 Å². The smallest absolute Gasteiger partial charge is 0.250 e. The van der Waals surface area contributed by atoms with E-state index in [4.69, 9.17) is 16.3 Å². The lowest BCUT2D eigenvalue weighted by molar-refractivity contribution is -0.131. The van der Waals surface area contributed by atoms with Crippen LogP contribution in [0.25, 0.3) is 0 Å². The highest BCUT2D eigenvalue weighted by Gasteiger charge is 2.49. The van der Waals surface area contributed by atoms with E-state index >= 15 is 0 Å². The normalized spacial score (nSPS) is 22.9. The van der Waals surface area contributed by atoms with Gasteiger partial charge in [-0.2, -0.15) is 0 Å². The Kier molecular flexibility index (Phi) is 3.43. The van der Waals surface area contributed by atoms with Gasteiger partial charge in [-0.1, -0.05) is 29.8 Å². The summed E-state index contributed by atoms with van der Waals surface area (Å²) in [6.45, 7) is 1.41. The lowest BCUT2D eigenvalue weighted by Gasteiger charge is -2.24. The van der Waals surface area contributed by atoms with Crippen LogP contribution >= 0.6 is 11.6 Å². The number of hydrogen-bond acceptors (Lipinski definition) is 5. The number of rotatable bonds is 3. The molecule has 1 aliphatic heterocycles. The molecule has 0 saturated heterocycles. The first-order chi connectivity index (χ1) is 9.15. The van der Waals surface area contributed by atoms with Crippen LogP contribution in [0.5, 0.6) is 0 Å². The summed E-state index contributed by atoms with van der Waals surface area (Å²) in [6.07, 6.45) is 0.881. The molecule has 0 bridgehead atoms. The fraction of sp³-hybridized carbons (Fsp3) is 0.250. The molecule has 0 aromatic heterocycles. The zero-order valence-electron chi connectivity index (χ0n) is 10.7. The Morgan fingerprint density at radius 1 is 1.35 bits per heavy atom. The van der Waals surface area contributed by atoms with E-state index in [0.717, 1.165) is 6.26 Å². The molecule has 0 fully saturated rings. The molecule has 6 nitrogen and oxygen atoms in total. The van der Waals surface area contributed by atoms with E-state index in [9.17, 15) is 18.3 Å². The molecule has 0 saturated carbocycles. The summed E-state index contributed by atoms with van der Waals surface area (Å²) in [5.74, 6) is -2.05. The second-order valence-electron chi connectivity index (χ2n) is 4.50. The average Bonchev–Trinajstić information content (AvgIpc) is 2.53. The lowest BCUT2D eigenvalue weighted by atomic mass is 9.91. The van der Waals surface area contributed by atoms with Crippen LogP contribution in [0.15, 0.2) is 35.9 Å². The Hall–Kier alpha value is -1.73. The Balaban J connectivity index is 2.44. The maximum atomic E-state index is 12.1. The van der Waals surface area contributed by atoms with Crippen LogP contribution < -0.4 is 4.72 Å². The second-order valence-corrected chi connectivity index (χ2v) is 6.65. The van der Waals surface area contributed by atoms with Crippen LogP contribution in [-0.2, 0) is 25.2 Å². The van der Waals surface area contributed by atoms with Gasteiger partial charge in [0, 0.05) is 10.6 Å². The van der Waals surface area contributed by atoms with E-state index in [2.05, 4.69) is 0 Å². The minimum atomic E-state index is -3.68. The molecule has 1 aromatic rings. The number of sulfonamides is 1. The molecule has 8 heteroatoms. The third-order valence-corrected chi connectivity index (χ3v) is 3.72. The van der Waals surface area contributed by atoms with Crippen molar-refractivity contribution in [3.8, 4) is 0 Å².